The number of aromatic nitrogens is 2. The maximum Gasteiger partial charge on any atom is 0.303 e. The number of hydrogen-bond acceptors (Lipinski definition) is 4. The summed E-state index contributed by atoms with van der Waals surface area (Å²) in [7, 11) is 1.71. The fourth-order valence-electron chi connectivity index (χ4n) is 3.20. The molecule has 0 aliphatic rings. The van der Waals surface area contributed by atoms with Crippen molar-refractivity contribution in [3.63, 3.8) is 0 Å². The molecule has 1 aromatic heterocycles. The van der Waals surface area contributed by atoms with E-state index >= 15 is 0 Å². The maximum atomic E-state index is 10.8. The number of aliphatic carboxylic acids is 1. The predicted molar refractivity (Wildman–Crippen MR) is 108 cm³/mol. The SMILES string of the molecule is COCCCn1ncc2cc(COc3ccc(C(C)CC(=O)O)cc3)ccc21. The first-order chi connectivity index (χ1) is 13.6. The molecule has 0 fully saturated rings. The average Bonchev–Trinajstić information content (AvgIpc) is 3.09. The van der Waals surface area contributed by atoms with Crippen LogP contribution in [0.25, 0.3) is 10.9 Å². The molecule has 1 atom stereocenters. The highest BCUT2D eigenvalue weighted by atomic mass is 16.5. The monoisotopic (exact) mass is 382 g/mol. The summed E-state index contributed by atoms with van der Waals surface area (Å²) >= 11 is 0. The quantitative estimate of drug-likeness (QED) is 0.531. The Balaban J connectivity index is 1.59. The number of fused-ring (bicyclic) bond motifs is 1. The number of aryl methyl sites for hydroxylation is 1. The third-order valence-corrected chi connectivity index (χ3v) is 4.76. The molecule has 1 heterocycles. The standard InChI is InChI=1S/C22H26N2O4/c1-16(12-22(25)26)18-5-7-20(8-6-18)28-15-17-4-9-21-19(13-17)14-23-24(21)10-3-11-27-2/h4-9,13-14,16H,3,10-12,15H2,1-2H3,(H,25,26). The van der Waals surface area contributed by atoms with Crippen molar-refractivity contribution in [2.45, 2.75) is 38.8 Å². The van der Waals surface area contributed by atoms with Crippen molar-refractivity contribution >= 4 is 16.9 Å². The van der Waals surface area contributed by atoms with E-state index in [0.717, 1.165) is 47.4 Å². The van der Waals surface area contributed by atoms with Gasteiger partial charge < -0.3 is 14.6 Å². The zero-order valence-electron chi connectivity index (χ0n) is 16.3. The fourth-order valence-corrected chi connectivity index (χ4v) is 3.20. The number of methoxy groups -OCH3 is 1. The highest BCUT2D eigenvalue weighted by Gasteiger charge is 2.10. The molecule has 3 rings (SSSR count). The van der Waals surface area contributed by atoms with Crippen LogP contribution in [0, 0.1) is 0 Å². The minimum atomic E-state index is -0.787. The van der Waals surface area contributed by atoms with Gasteiger partial charge in [0.25, 0.3) is 0 Å². The Hall–Kier alpha value is -2.86. The Morgan fingerprint density at radius 3 is 2.71 bits per heavy atom. The lowest BCUT2D eigenvalue weighted by Gasteiger charge is -2.11. The van der Waals surface area contributed by atoms with Crippen LogP contribution in [0.1, 0.15) is 36.8 Å². The van der Waals surface area contributed by atoms with Gasteiger partial charge in [-0.15, -0.1) is 0 Å². The van der Waals surface area contributed by atoms with Crippen molar-refractivity contribution < 1.29 is 19.4 Å². The van der Waals surface area contributed by atoms with E-state index in [-0.39, 0.29) is 12.3 Å². The smallest absolute Gasteiger partial charge is 0.303 e. The summed E-state index contributed by atoms with van der Waals surface area (Å²) < 4.78 is 13.0. The minimum absolute atomic E-state index is 0.0191. The molecule has 3 aromatic rings. The van der Waals surface area contributed by atoms with Crippen LogP contribution in [0.3, 0.4) is 0 Å². The van der Waals surface area contributed by atoms with E-state index in [1.54, 1.807) is 7.11 Å². The summed E-state index contributed by atoms with van der Waals surface area (Å²) in [5.41, 5.74) is 3.18. The second-order valence-electron chi connectivity index (χ2n) is 6.96. The van der Waals surface area contributed by atoms with Crippen molar-refractivity contribution in [1.82, 2.24) is 9.78 Å². The molecule has 1 unspecified atom stereocenters. The molecule has 6 heteroatoms. The first-order valence-electron chi connectivity index (χ1n) is 9.44. The van der Waals surface area contributed by atoms with Gasteiger partial charge in [-0.1, -0.05) is 25.1 Å². The van der Waals surface area contributed by atoms with Gasteiger partial charge in [0, 0.05) is 25.6 Å². The zero-order chi connectivity index (χ0) is 19.9. The first-order valence-corrected chi connectivity index (χ1v) is 9.44. The molecule has 0 saturated heterocycles. The highest BCUT2D eigenvalue weighted by molar-refractivity contribution is 5.79. The molecule has 28 heavy (non-hydrogen) atoms. The second kappa shape index (κ2) is 9.37. The van der Waals surface area contributed by atoms with Crippen LogP contribution in [0.2, 0.25) is 0 Å². The van der Waals surface area contributed by atoms with Crippen molar-refractivity contribution in [1.29, 1.82) is 0 Å². The largest absolute Gasteiger partial charge is 0.489 e. The third-order valence-electron chi connectivity index (χ3n) is 4.76. The normalized spacial score (nSPS) is 12.2. The Bertz CT molecular complexity index is 918. The molecule has 0 amide bonds. The van der Waals surface area contributed by atoms with Gasteiger partial charge in [0.1, 0.15) is 12.4 Å². The van der Waals surface area contributed by atoms with Crippen LogP contribution in [0.15, 0.2) is 48.7 Å². The number of nitrogens with zero attached hydrogens (tertiary/aromatic N) is 2. The maximum absolute atomic E-state index is 10.8. The highest BCUT2D eigenvalue weighted by Crippen LogP contribution is 2.23. The van der Waals surface area contributed by atoms with E-state index < -0.39 is 5.97 Å². The van der Waals surface area contributed by atoms with E-state index in [9.17, 15) is 4.79 Å². The van der Waals surface area contributed by atoms with Crippen LogP contribution < -0.4 is 4.74 Å². The van der Waals surface area contributed by atoms with Crippen molar-refractivity contribution in [3.05, 3.63) is 59.8 Å². The molecule has 1 N–H and O–H groups in total. The topological polar surface area (TPSA) is 73.6 Å². The van der Waals surface area contributed by atoms with Gasteiger partial charge in [-0.05, 0) is 47.7 Å². The molecule has 2 aromatic carbocycles. The van der Waals surface area contributed by atoms with Gasteiger partial charge in [-0.2, -0.15) is 5.10 Å². The van der Waals surface area contributed by atoms with Gasteiger partial charge in [0.05, 0.1) is 18.1 Å². The summed E-state index contributed by atoms with van der Waals surface area (Å²) in [5, 5.41) is 14.5. The predicted octanol–water partition coefficient (Wildman–Crippen LogP) is 4.23. The van der Waals surface area contributed by atoms with E-state index in [2.05, 4.69) is 23.3 Å². The van der Waals surface area contributed by atoms with Crippen LogP contribution in [-0.4, -0.2) is 34.6 Å². The lowest BCUT2D eigenvalue weighted by Crippen LogP contribution is -2.03. The summed E-state index contributed by atoms with van der Waals surface area (Å²) in [6.45, 7) is 3.93. The lowest BCUT2D eigenvalue weighted by molar-refractivity contribution is -0.137. The summed E-state index contributed by atoms with van der Waals surface area (Å²) in [6.07, 6.45) is 2.93. The first kappa shape index (κ1) is 19.9. The molecular weight excluding hydrogens is 356 g/mol. The van der Waals surface area contributed by atoms with Crippen molar-refractivity contribution in [3.8, 4) is 5.75 Å². The van der Waals surface area contributed by atoms with Gasteiger partial charge in [-0.3, -0.25) is 9.48 Å². The molecule has 0 saturated carbocycles. The third kappa shape index (κ3) is 5.10. The Morgan fingerprint density at radius 1 is 1.21 bits per heavy atom. The molecule has 0 bridgehead atoms. The molecule has 0 aliphatic heterocycles. The summed E-state index contributed by atoms with van der Waals surface area (Å²) in [5.74, 6) is -0.0405. The van der Waals surface area contributed by atoms with Gasteiger partial charge in [0.2, 0.25) is 0 Å². The molecule has 0 aliphatic carbocycles. The fraction of sp³-hybridized carbons (Fsp3) is 0.364. The van der Waals surface area contributed by atoms with Crippen molar-refractivity contribution in [2.75, 3.05) is 13.7 Å². The van der Waals surface area contributed by atoms with Crippen LogP contribution in [0.4, 0.5) is 0 Å². The minimum Gasteiger partial charge on any atom is -0.489 e. The number of benzene rings is 2. The Kier molecular flexibility index (Phi) is 6.66. The zero-order valence-corrected chi connectivity index (χ0v) is 16.3. The van der Waals surface area contributed by atoms with Gasteiger partial charge in [0.15, 0.2) is 0 Å². The van der Waals surface area contributed by atoms with E-state index in [0.29, 0.717) is 6.61 Å². The number of rotatable bonds is 10. The van der Waals surface area contributed by atoms with E-state index in [1.165, 1.54) is 0 Å². The molecule has 6 nitrogen and oxygen atoms in total. The number of hydrogen-bond donors (Lipinski definition) is 1. The number of carbonyl (C=O) groups is 1. The summed E-state index contributed by atoms with van der Waals surface area (Å²) in [6, 6.07) is 13.9. The van der Waals surface area contributed by atoms with Crippen molar-refractivity contribution in [2.24, 2.45) is 0 Å². The number of ether oxygens (including phenoxy) is 2. The Morgan fingerprint density at radius 2 is 2.00 bits per heavy atom. The second-order valence-corrected chi connectivity index (χ2v) is 6.96. The number of carboxylic acid groups (broad SMARTS) is 1. The van der Waals surface area contributed by atoms with E-state index in [1.807, 2.05) is 42.1 Å². The van der Waals surface area contributed by atoms with Crippen LogP contribution >= 0.6 is 0 Å². The molecule has 148 valence electrons. The van der Waals surface area contributed by atoms with E-state index in [4.69, 9.17) is 14.6 Å². The lowest BCUT2D eigenvalue weighted by atomic mass is 9.98. The molecular formula is C22H26N2O4. The van der Waals surface area contributed by atoms with Gasteiger partial charge >= 0.3 is 5.97 Å². The number of carboxylic acids is 1. The molecule has 0 radical (unpaired) electrons. The molecule has 0 spiro atoms. The Labute approximate surface area is 164 Å². The average molecular weight is 382 g/mol. The summed E-state index contributed by atoms with van der Waals surface area (Å²) in [4.78, 5) is 10.8. The van der Waals surface area contributed by atoms with Crippen LogP contribution in [0.5, 0.6) is 5.75 Å². The van der Waals surface area contributed by atoms with Crippen LogP contribution in [-0.2, 0) is 22.7 Å². The van der Waals surface area contributed by atoms with Gasteiger partial charge in [-0.25, -0.2) is 0 Å².